The Balaban J connectivity index is 1.68. The van der Waals surface area contributed by atoms with E-state index in [-0.39, 0.29) is 22.8 Å². The van der Waals surface area contributed by atoms with Gasteiger partial charge in [-0.3, -0.25) is 9.69 Å². The smallest absolute Gasteiger partial charge is 0.383 e. The van der Waals surface area contributed by atoms with Crippen LogP contribution in [0.5, 0.6) is 0 Å². The first-order valence-corrected chi connectivity index (χ1v) is 10.6. The lowest BCUT2D eigenvalue weighted by Gasteiger charge is -2.34. The molecule has 1 aliphatic rings. The second kappa shape index (κ2) is 8.56. The number of ether oxygens (including phenoxy) is 1. The van der Waals surface area contributed by atoms with Crippen molar-refractivity contribution in [3.05, 3.63) is 40.5 Å². The Morgan fingerprint density at radius 2 is 1.97 bits per heavy atom. The molecule has 0 aliphatic carbocycles. The lowest BCUT2D eigenvalue weighted by Crippen LogP contribution is -2.49. The lowest BCUT2D eigenvalue weighted by atomic mass is 10.2. The number of halogens is 3. The predicted molar refractivity (Wildman–Crippen MR) is 110 cm³/mol. The van der Waals surface area contributed by atoms with E-state index in [1.807, 2.05) is 13.0 Å². The lowest BCUT2D eigenvalue weighted by molar-refractivity contribution is -0.142. The van der Waals surface area contributed by atoms with Crippen LogP contribution >= 0.6 is 11.3 Å². The van der Waals surface area contributed by atoms with E-state index in [4.69, 9.17) is 4.74 Å². The highest BCUT2D eigenvalue weighted by molar-refractivity contribution is 7.15. The summed E-state index contributed by atoms with van der Waals surface area (Å²) in [5, 5.41) is 3.86. The number of piperazine rings is 1. The number of fused-ring (bicyclic) bond motifs is 1. The van der Waals surface area contributed by atoms with Gasteiger partial charge in [-0.05, 0) is 25.1 Å². The van der Waals surface area contributed by atoms with Gasteiger partial charge in [0.15, 0.2) is 11.3 Å². The molecule has 166 valence electrons. The van der Waals surface area contributed by atoms with E-state index < -0.39 is 11.9 Å². The number of hydrogen-bond acceptors (Lipinski definition) is 6. The highest BCUT2D eigenvalue weighted by Gasteiger charge is 2.36. The van der Waals surface area contributed by atoms with Gasteiger partial charge in [0, 0.05) is 44.7 Å². The first-order chi connectivity index (χ1) is 14.8. The molecule has 7 nitrogen and oxygen atoms in total. The monoisotopic (exact) mass is 453 g/mol. The SMILES string of the molecule is COCCN1CCN(C(=O)c2cnn3c(C(F)(F)F)cc(-c4ccc(C)s4)nc23)CC1. The molecule has 1 fully saturated rings. The summed E-state index contributed by atoms with van der Waals surface area (Å²) in [6, 6.07) is 4.54. The number of carbonyl (C=O) groups excluding carboxylic acids is 1. The van der Waals surface area contributed by atoms with Crippen molar-refractivity contribution in [2.75, 3.05) is 46.4 Å². The minimum absolute atomic E-state index is 0.0750. The molecule has 4 heterocycles. The third kappa shape index (κ3) is 4.43. The second-order valence-corrected chi connectivity index (χ2v) is 8.64. The van der Waals surface area contributed by atoms with Gasteiger partial charge >= 0.3 is 6.18 Å². The van der Waals surface area contributed by atoms with Crippen molar-refractivity contribution in [3.63, 3.8) is 0 Å². The van der Waals surface area contributed by atoms with E-state index in [1.165, 1.54) is 17.5 Å². The van der Waals surface area contributed by atoms with Crippen molar-refractivity contribution in [2.24, 2.45) is 0 Å². The molecule has 0 atom stereocenters. The highest BCUT2D eigenvalue weighted by atomic mass is 32.1. The van der Waals surface area contributed by atoms with E-state index >= 15 is 0 Å². The van der Waals surface area contributed by atoms with Gasteiger partial charge in [0.05, 0.1) is 23.4 Å². The summed E-state index contributed by atoms with van der Waals surface area (Å²) in [5.41, 5.74) is -0.785. The van der Waals surface area contributed by atoms with Crippen LogP contribution in [0.4, 0.5) is 13.2 Å². The average molecular weight is 453 g/mol. The number of nitrogens with zero attached hydrogens (tertiary/aromatic N) is 5. The average Bonchev–Trinajstić information content (AvgIpc) is 3.37. The van der Waals surface area contributed by atoms with Gasteiger partial charge in [0.1, 0.15) is 5.56 Å². The van der Waals surface area contributed by atoms with Crippen LogP contribution in [0, 0.1) is 6.92 Å². The summed E-state index contributed by atoms with van der Waals surface area (Å²) >= 11 is 1.35. The standard InChI is InChI=1S/C20H22F3N5O2S/c1-13-3-4-16(31-13)15-11-17(20(21,22)23)28-18(25-15)14(12-24-28)19(29)27-7-5-26(6-8-27)9-10-30-2/h3-4,11-12H,5-10H2,1-2H3. The summed E-state index contributed by atoms with van der Waals surface area (Å²) in [7, 11) is 1.64. The van der Waals surface area contributed by atoms with E-state index in [1.54, 1.807) is 18.1 Å². The van der Waals surface area contributed by atoms with E-state index in [9.17, 15) is 18.0 Å². The van der Waals surface area contributed by atoms with Crippen LogP contribution in [0.2, 0.25) is 0 Å². The quantitative estimate of drug-likeness (QED) is 0.594. The molecular weight excluding hydrogens is 431 g/mol. The second-order valence-electron chi connectivity index (χ2n) is 7.35. The summed E-state index contributed by atoms with van der Waals surface area (Å²) < 4.78 is 47.0. The first-order valence-electron chi connectivity index (χ1n) is 9.81. The van der Waals surface area contributed by atoms with Crippen LogP contribution < -0.4 is 0 Å². The van der Waals surface area contributed by atoms with Crippen molar-refractivity contribution < 1.29 is 22.7 Å². The fourth-order valence-corrected chi connectivity index (χ4v) is 4.41. The summed E-state index contributed by atoms with van der Waals surface area (Å²) in [4.78, 5) is 22.9. The largest absolute Gasteiger partial charge is 0.433 e. The van der Waals surface area contributed by atoms with E-state index in [0.717, 1.165) is 17.5 Å². The molecule has 0 spiro atoms. The van der Waals surface area contributed by atoms with Gasteiger partial charge in [-0.2, -0.15) is 18.3 Å². The predicted octanol–water partition coefficient (Wildman–Crippen LogP) is 3.19. The topological polar surface area (TPSA) is 63.0 Å². The van der Waals surface area contributed by atoms with Gasteiger partial charge in [0.2, 0.25) is 0 Å². The molecule has 0 unspecified atom stereocenters. The number of methoxy groups -OCH3 is 1. The molecule has 4 rings (SSSR count). The zero-order valence-corrected chi connectivity index (χ0v) is 18.0. The number of aryl methyl sites for hydroxylation is 1. The van der Waals surface area contributed by atoms with Gasteiger partial charge in [-0.1, -0.05) is 0 Å². The summed E-state index contributed by atoms with van der Waals surface area (Å²) in [5.74, 6) is -0.360. The number of hydrogen-bond donors (Lipinski definition) is 0. The summed E-state index contributed by atoms with van der Waals surface area (Å²) in [6.07, 6.45) is -3.46. The molecule has 1 amide bonds. The number of aromatic nitrogens is 3. The molecule has 0 aromatic carbocycles. The Kier molecular flexibility index (Phi) is 6.00. The maximum atomic E-state index is 13.7. The number of rotatable bonds is 5. The Labute approximate surface area is 181 Å². The number of amides is 1. The van der Waals surface area contributed by atoms with Crippen LogP contribution in [-0.4, -0.2) is 76.7 Å². The van der Waals surface area contributed by atoms with Crippen molar-refractivity contribution in [1.82, 2.24) is 24.4 Å². The Morgan fingerprint density at radius 1 is 1.23 bits per heavy atom. The van der Waals surface area contributed by atoms with Crippen molar-refractivity contribution in [3.8, 4) is 10.6 Å². The van der Waals surface area contributed by atoms with Crippen molar-refractivity contribution in [2.45, 2.75) is 13.1 Å². The van der Waals surface area contributed by atoms with Gasteiger partial charge < -0.3 is 9.64 Å². The van der Waals surface area contributed by atoms with Crippen LogP contribution in [0.1, 0.15) is 20.9 Å². The molecule has 1 saturated heterocycles. The molecule has 31 heavy (non-hydrogen) atoms. The van der Waals surface area contributed by atoms with Crippen LogP contribution in [-0.2, 0) is 10.9 Å². The highest BCUT2D eigenvalue weighted by Crippen LogP contribution is 2.34. The first kappa shape index (κ1) is 21.7. The van der Waals surface area contributed by atoms with Gasteiger partial charge in [-0.25, -0.2) is 9.50 Å². The third-order valence-corrected chi connectivity index (χ3v) is 6.28. The Morgan fingerprint density at radius 3 is 2.58 bits per heavy atom. The van der Waals surface area contributed by atoms with Crippen LogP contribution in [0.25, 0.3) is 16.2 Å². The summed E-state index contributed by atoms with van der Waals surface area (Å²) in [6.45, 7) is 5.57. The van der Waals surface area contributed by atoms with Crippen LogP contribution in [0.3, 0.4) is 0 Å². The maximum Gasteiger partial charge on any atom is 0.433 e. The van der Waals surface area contributed by atoms with Crippen molar-refractivity contribution >= 4 is 22.9 Å². The molecule has 0 saturated carbocycles. The zero-order valence-electron chi connectivity index (χ0n) is 17.1. The minimum Gasteiger partial charge on any atom is -0.383 e. The number of thiophene rings is 1. The van der Waals surface area contributed by atoms with Crippen molar-refractivity contribution in [1.29, 1.82) is 0 Å². The normalized spacial score (nSPS) is 15.7. The van der Waals surface area contributed by atoms with Crippen LogP contribution in [0.15, 0.2) is 24.4 Å². The molecule has 3 aromatic heterocycles. The molecule has 11 heteroatoms. The molecular formula is C20H22F3N5O2S. The Bertz CT molecular complexity index is 1090. The zero-order chi connectivity index (χ0) is 22.2. The fraction of sp³-hybridized carbons (Fsp3) is 0.450. The Hall–Kier alpha value is -2.50. The maximum absolute atomic E-state index is 13.7. The molecule has 0 N–H and O–H groups in total. The van der Waals surface area contributed by atoms with E-state index in [2.05, 4.69) is 15.0 Å². The number of alkyl halides is 3. The fourth-order valence-electron chi connectivity index (χ4n) is 3.58. The molecule has 0 radical (unpaired) electrons. The van der Waals surface area contributed by atoms with Gasteiger partial charge in [0.25, 0.3) is 5.91 Å². The molecule has 0 bridgehead atoms. The number of carbonyl (C=O) groups is 1. The minimum atomic E-state index is -4.64. The van der Waals surface area contributed by atoms with E-state index in [0.29, 0.717) is 42.2 Å². The third-order valence-electron chi connectivity index (χ3n) is 5.26. The molecule has 3 aromatic rings. The van der Waals surface area contributed by atoms with Gasteiger partial charge in [-0.15, -0.1) is 11.3 Å². The molecule has 1 aliphatic heterocycles.